The topological polar surface area (TPSA) is 29.9 Å². The summed E-state index contributed by atoms with van der Waals surface area (Å²) in [5.74, 6) is 0. The van der Waals surface area contributed by atoms with E-state index in [1.807, 2.05) is 28.9 Å². The molecular formula is C17H18ClN3. The number of hydrogen-bond donors (Lipinski definition) is 1. The smallest absolute Gasteiger partial charge is 0.0841 e. The van der Waals surface area contributed by atoms with E-state index in [1.54, 1.807) is 0 Å². The van der Waals surface area contributed by atoms with Gasteiger partial charge in [0.2, 0.25) is 0 Å². The van der Waals surface area contributed by atoms with Crippen LogP contribution in [0.2, 0.25) is 5.02 Å². The number of benzene rings is 2. The monoisotopic (exact) mass is 299 g/mol. The van der Waals surface area contributed by atoms with E-state index >= 15 is 0 Å². The van der Waals surface area contributed by atoms with Crippen LogP contribution in [0.5, 0.6) is 0 Å². The lowest BCUT2D eigenvalue weighted by molar-refractivity contribution is 0.632. The molecule has 1 heterocycles. The molecule has 0 radical (unpaired) electrons. The fourth-order valence-corrected chi connectivity index (χ4v) is 2.73. The number of aromatic nitrogens is 2. The Kier molecular flexibility index (Phi) is 4.23. The van der Waals surface area contributed by atoms with Crippen LogP contribution in [0.3, 0.4) is 0 Å². The molecule has 3 aromatic rings. The molecule has 0 aliphatic heterocycles. The summed E-state index contributed by atoms with van der Waals surface area (Å²) in [5, 5.41) is 10.1. The van der Waals surface area contributed by atoms with Crippen LogP contribution in [0.1, 0.15) is 18.2 Å². The summed E-state index contributed by atoms with van der Waals surface area (Å²) in [7, 11) is 0. The van der Waals surface area contributed by atoms with Crippen LogP contribution < -0.4 is 5.32 Å². The van der Waals surface area contributed by atoms with Crippen molar-refractivity contribution in [2.24, 2.45) is 0 Å². The summed E-state index contributed by atoms with van der Waals surface area (Å²) >= 11 is 6.17. The van der Waals surface area contributed by atoms with E-state index in [1.165, 1.54) is 10.9 Å². The van der Waals surface area contributed by atoms with Gasteiger partial charge in [-0.05, 0) is 24.6 Å². The number of rotatable bonds is 5. The van der Waals surface area contributed by atoms with Crippen LogP contribution in [0.4, 0.5) is 0 Å². The summed E-state index contributed by atoms with van der Waals surface area (Å²) in [6.45, 7) is 4.47. The molecule has 0 aliphatic carbocycles. The molecule has 1 aromatic heterocycles. The molecule has 21 heavy (non-hydrogen) atoms. The van der Waals surface area contributed by atoms with Crippen molar-refractivity contribution in [3.05, 3.63) is 64.8 Å². The first-order chi connectivity index (χ1) is 10.3. The maximum Gasteiger partial charge on any atom is 0.0841 e. The van der Waals surface area contributed by atoms with Crippen molar-refractivity contribution in [2.75, 3.05) is 0 Å². The third kappa shape index (κ3) is 2.94. The van der Waals surface area contributed by atoms with Crippen LogP contribution in [-0.2, 0) is 19.6 Å². The third-order valence-electron chi connectivity index (χ3n) is 3.60. The van der Waals surface area contributed by atoms with Crippen LogP contribution in [0.15, 0.2) is 48.5 Å². The first-order valence-corrected chi connectivity index (χ1v) is 7.56. The minimum Gasteiger partial charge on any atom is -0.307 e. The first kappa shape index (κ1) is 14.1. The SMILES string of the molecule is CCn1nc(CNCc2ccccc2Cl)c2ccccc21. The lowest BCUT2D eigenvalue weighted by atomic mass is 10.2. The van der Waals surface area contributed by atoms with Crippen molar-refractivity contribution in [3.63, 3.8) is 0 Å². The molecule has 4 heteroatoms. The number of nitrogens with one attached hydrogen (secondary N) is 1. The zero-order chi connectivity index (χ0) is 14.7. The lowest BCUT2D eigenvalue weighted by Gasteiger charge is -2.05. The van der Waals surface area contributed by atoms with Crippen LogP contribution >= 0.6 is 11.6 Å². The molecule has 0 saturated carbocycles. The van der Waals surface area contributed by atoms with Gasteiger partial charge in [0.1, 0.15) is 0 Å². The molecular weight excluding hydrogens is 282 g/mol. The van der Waals surface area contributed by atoms with Crippen molar-refractivity contribution < 1.29 is 0 Å². The maximum absolute atomic E-state index is 6.17. The number of para-hydroxylation sites is 1. The molecule has 0 saturated heterocycles. The Labute approximate surface area is 129 Å². The second-order valence-electron chi connectivity index (χ2n) is 4.97. The van der Waals surface area contributed by atoms with Gasteiger partial charge in [-0.2, -0.15) is 5.10 Å². The Balaban J connectivity index is 1.75. The van der Waals surface area contributed by atoms with E-state index in [9.17, 15) is 0 Å². The average Bonchev–Trinajstić information content (AvgIpc) is 2.88. The first-order valence-electron chi connectivity index (χ1n) is 7.18. The molecule has 3 nitrogen and oxygen atoms in total. The van der Waals surface area contributed by atoms with Gasteiger partial charge in [-0.3, -0.25) is 4.68 Å². The molecule has 108 valence electrons. The van der Waals surface area contributed by atoms with E-state index in [-0.39, 0.29) is 0 Å². The Hall–Kier alpha value is -1.84. The Bertz CT molecular complexity index is 749. The van der Waals surface area contributed by atoms with Gasteiger partial charge in [0, 0.05) is 30.0 Å². The normalized spacial score (nSPS) is 11.1. The van der Waals surface area contributed by atoms with Crippen LogP contribution in [0, 0.1) is 0 Å². The zero-order valence-electron chi connectivity index (χ0n) is 12.0. The molecule has 0 atom stereocenters. The minimum atomic E-state index is 0.735. The summed E-state index contributed by atoms with van der Waals surface area (Å²) < 4.78 is 2.04. The molecule has 0 spiro atoms. The second kappa shape index (κ2) is 6.29. The number of halogens is 1. The van der Waals surface area contributed by atoms with Gasteiger partial charge in [0.15, 0.2) is 0 Å². The highest BCUT2D eigenvalue weighted by Crippen LogP contribution is 2.19. The van der Waals surface area contributed by atoms with Gasteiger partial charge in [0.25, 0.3) is 0 Å². The highest BCUT2D eigenvalue weighted by Gasteiger charge is 2.08. The van der Waals surface area contributed by atoms with E-state index < -0.39 is 0 Å². The standard InChI is InChI=1S/C17H18ClN3/c1-2-21-17-10-6-4-8-14(17)16(20-21)12-19-11-13-7-3-5-9-15(13)18/h3-10,19H,2,11-12H2,1H3. The molecule has 3 rings (SSSR count). The molecule has 0 fully saturated rings. The lowest BCUT2D eigenvalue weighted by Crippen LogP contribution is -2.13. The Morgan fingerprint density at radius 3 is 2.62 bits per heavy atom. The summed E-state index contributed by atoms with van der Waals surface area (Å²) in [4.78, 5) is 0. The Morgan fingerprint density at radius 1 is 1.05 bits per heavy atom. The van der Waals surface area contributed by atoms with Gasteiger partial charge in [-0.1, -0.05) is 48.0 Å². The van der Waals surface area contributed by atoms with Crippen molar-refractivity contribution in [2.45, 2.75) is 26.6 Å². The van der Waals surface area contributed by atoms with Crippen molar-refractivity contribution in [1.29, 1.82) is 0 Å². The van der Waals surface area contributed by atoms with E-state index in [4.69, 9.17) is 11.6 Å². The number of fused-ring (bicyclic) bond motifs is 1. The second-order valence-corrected chi connectivity index (χ2v) is 5.38. The molecule has 0 aliphatic rings. The average molecular weight is 300 g/mol. The molecule has 0 amide bonds. The van der Waals surface area contributed by atoms with Gasteiger partial charge < -0.3 is 5.32 Å². The minimum absolute atomic E-state index is 0.735. The fraction of sp³-hybridized carbons (Fsp3) is 0.235. The van der Waals surface area contributed by atoms with Crippen LogP contribution in [0.25, 0.3) is 10.9 Å². The highest BCUT2D eigenvalue weighted by molar-refractivity contribution is 6.31. The summed E-state index contributed by atoms with van der Waals surface area (Å²) in [6.07, 6.45) is 0. The maximum atomic E-state index is 6.17. The third-order valence-corrected chi connectivity index (χ3v) is 3.97. The van der Waals surface area contributed by atoms with Gasteiger partial charge in [-0.25, -0.2) is 0 Å². The number of hydrogen-bond acceptors (Lipinski definition) is 2. The number of aryl methyl sites for hydroxylation is 1. The Morgan fingerprint density at radius 2 is 1.81 bits per heavy atom. The van der Waals surface area contributed by atoms with Crippen molar-refractivity contribution in [3.8, 4) is 0 Å². The molecule has 1 N–H and O–H groups in total. The van der Waals surface area contributed by atoms with Gasteiger partial charge in [0.05, 0.1) is 11.2 Å². The van der Waals surface area contributed by atoms with E-state index in [2.05, 4.69) is 41.6 Å². The predicted molar refractivity (Wildman–Crippen MR) is 87.4 cm³/mol. The predicted octanol–water partition coefficient (Wildman–Crippen LogP) is 4.00. The molecule has 2 aromatic carbocycles. The highest BCUT2D eigenvalue weighted by atomic mass is 35.5. The quantitative estimate of drug-likeness (QED) is 0.772. The molecule has 0 unspecified atom stereocenters. The zero-order valence-corrected chi connectivity index (χ0v) is 12.8. The van der Waals surface area contributed by atoms with E-state index in [0.717, 1.165) is 35.9 Å². The fourth-order valence-electron chi connectivity index (χ4n) is 2.53. The summed E-state index contributed by atoms with van der Waals surface area (Å²) in [5.41, 5.74) is 3.38. The van der Waals surface area contributed by atoms with E-state index in [0.29, 0.717) is 0 Å². The van der Waals surface area contributed by atoms with Crippen LogP contribution in [-0.4, -0.2) is 9.78 Å². The van der Waals surface area contributed by atoms with Gasteiger partial charge in [-0.15, -0.1) is 0 Å². The van der Waals surface area contributed by atoms with Crippen molar-refractivity contribution >= 4 is 22.5 Å². The number of nitrogens with zero attached hydrogens (tertiary/aromatic N) is 2. The largest absolute Gasteiger partial charge is 0.307 e. The summed E-state index contributed by atoms with van der Waals surface area (Å²) in [6, 6.07) is 16.3. The van der Waals surface area contributed by atoms with Gasteiger partial charge >= 0.3 is 0 Å². The van der Waals surface area contributed by atoms with Crippen molar-refractivity contribution in [1.82, 2.24) is 15.1 Å². The molecule has 0 bridgehead atoms.